The minimum Gasteiger partial charge on any atom is -0.322 e. The number of hydrazone groups is 1. The van der Waals surface area contributed by atoms with Crippen LogP contribution in [0.15, 0.2) is 77.9 Å². The van der Waals surface area contributed by atoms with Crippen molar-refractivity contribution in [2.45, 2.75) is 6.92 Å². The Hall–Kier alpha value is -3.44. The Balaban J connectivity index is 1.63. The minimum atomic E-state index is -0.378. The van der Waals surface area contributed by atoms with E-state index in [9.17, 15) is 9.59 Å². The molecule has 0 aliphatic rings. The topological polar surface area (TPSA) is 70.6 Å². The number of nitrogens with one attached hydrogen (secondary N) is 2. The van der Waals surface area contributed by atoms with Crippen LogP contribution < -0.4 is 10.7 Å². The summed E-state index contributed by atoms with van der Waals surface area (Å²) < 4.78 is 0. The van der Waals surface area contributed by atoms with E-state index >= 15 is 0 Å². The summed E-state index contributed by atoms with van der Waals surface area (Å²) in [6.45, 7) is 1.96. The van der Waals surface area contributed by atoms with Crippen molar-refractivity contribution in [3.63, 3.8) is 0 Å². The maximum Gasteiger partial charge on any atom is 0.271 e. The number of halogens is 1. The van der Waals surface area contributed by atoms with Crippen molar-refractivity contribution in [3.8, 4) is 0 Å². The standard InChI is InChI=1S/C22H18ClN3O2/c1-15-5-9-17(10-6-15)21(27)25-20-4-2-3-18(13-20)22(28)26-24-14-16-7-11-19(23)12-8-16/h2-14H,1H3,(H,25,27)(H,26,28)/b24-14+. The van der Waals surface area contributed by atoms with Crippen molar-refractivity contribution in [1.29, 1.82) is 0 Å². The van der Waals surface area contributed by atoms with E-state index in [1.54, 1.807) is 60.7 Å². The molecule has 3 aromatic carbocycles. The molecule has 0 aromatic heterocycles. The van der Waals surface area contributed by atoms with Crippen molar-refractivity contribution in [3.05, 3.63) is 100 Å². The number of nitrogens with zero attached hydrogens (tertiary/aromatic N) is 1. The Morgan fingerprint density at radius 3 is 2.32 bits per heavy atom. The minimum absolute atomic E-state index is 0.238. The molecule has 3 rings (SSSR count). The molecule has 0 aliphatic carbocycles. The molecule has 0 saturated heterocycles. The molecule has 6 heteroatoms. The second kappa shape index (κ2) is 8.97. The van der Waals surface area contributed by atoms with E-state index in [0.29, 0.717) is 21.8 Å². The second-order valence-corrected chi connectivity index (χ2v) is 6.59. The smallest absolute Gasteiger partial charge is 0.271 e. The molecule has 0 heterocycles. The van der Waals surface area contributed by atoms with Gasteiger partial charge in [-0.25, -0.2) is 5.43 Å². The third kappa shape index (κ3) is 5.28. The van der Waals surface area contributed by atoms with Gasteiger partial charge in [0.05, 0.1) is 6.21 Å². The highest BCUT2D eigenvalue weighted by Gasteiger charge is 2.09. The second-order valence-electron chi connectivity index (χ2n) is 6.15. The Bertz CT molecular complexity index is 1010. The summed E-state index contributed by atoms with van der Waals surface area (Å²) in [7, 11) is 0. The monoisotopic (exact) mass is 391 g/mol. The van der Waals surface area contributed by atoms with Gasteiger partial charge in [0.15, 0.2) is 0 Å². The molecule has 0 fully saturated rings. The quantitative estimate of drug-likeness (QED) is 0.490. The average molecular weight is 392 g/mol. The van der Waals surface area contributed by atoms with Crippen LogP contribution in [0.3, 0.4) is 0 Å². The molecule has 140 valence electrons. The van der Waals surface area contributed by atoms with Gasteiger partial charge >= 0.3 is 0 Å². The zero-order valence-corrected chi connectivity index (χ0v) is 15.9. The van der Waals surface area contributed by atoms with Crippen LogP contribution in [0.5, 0.6) is 0 Å². The molecular weight excluding hydrogens is 374 g/mol. The number of carbonyl (C=O) groups excluding carboxylic acids is 2. The predicted molar refractivity (Wildman–Crippen MR) is 112 cm³/mol. The number of rotatable bonds is 5. The Morgan fingerprint density at radius 1 is 0.893 bits per heavy atom. The lowest BCUT2D eigenvalue weighted by Gasteiger charge is -2.07. The summed E-state index contributed by atoms with van der Waals surface area (Å²) >= 11 is 5.83. The van der Waals surface area contributed by atoms with Crippen LogP contribution >= 0.6 is 11.6 Å². The van der Waals surface area contributed by atoms with Crippen molar-refractivity contribution >= 4 is 35.3 Å². The SMILES string of the molecule is Cc1ccc(C(=O)Nc2cccc(C(=O)N/N=C/c3ccc(Cl)cc3)c2)cc1. The van der Waals surface area contributed by atoms with Crippen molar-refractivity contribution in [2.24, 2.45) is 5.10 Å². The van der Waals surface area contributed by atoms with E-state index < -0.39 is 0 Å². The van der Waals surface area contributed by atoms with Gasteiger partial charge < -0.3 is 5.32 Å². The zero-order chi connectivity index (χ0) is 19.9. The Kier molecular flexibility index (Phi) is 6.19. The molecular formula is C22H18ClN3O2. The molecule has 5 nitrogen and oxygen atoms in total. The maximum absolute atomic E-state index is 12.3. The van der Waals surface area contributed by atoms with Gasteiger partial charge in [-0.05, 0) is 55.0 Å². The van der Waals surface area contributed by atoms with Crippen molar-refractivity contribution < 1.29 is 9.59 Å². The highest BCUT2D eigenvalue weighted by Crippen LogP contribution is 2.13. The predicted octanol–water partition coefficient (Wildman–Crippen LogP) is 4.66. The van der Waals surface area contributed by atoms with Gasteiger partial charge in [0, 0.05) is 21.8 Å². The van der Waals surface area contributed by atoms with Gasteiger partial charge in [-0.1, -0.05) is 47.5 Å². The first-order valence-electron chi connectivity index (χ1n) is 8.58. The Morgan fingerprint density at radius 2 is 1.61 bits per heavy atom. The van der Waals surface area contributed by atoms with Crippen molar-refractivity contribution in [1.82, 2.24) is 5.43 Å². The van der Waals surface area contributed by atoms with E-state index in [0.717, 1.165) is 11.1 Å². The summed E-state index contributed by atoms with van der Waals surface area (Å²) in [6, 6.07) is 21.0. The highest BCUT2D eigenvalue weighted by atomic mass is 35.5. The molecule has 2 amide bonds. The van der Waals surface area contributed by atoms with Gasteiger partial charge in [-0.15, -0.1) is 0 Å². The fourth-order valence-electron chi connectivity index (χ4n) is 2.43. The lowest BCUT2D eigenvalue weighted by molar-refractivity contribution is 0.0953. The van der Waals surface area contributed by atoms with Crippen LogP contribution in [-0.2, 0) is 0 Å². The van der Waals surface area contributed by atoms with Gasteiger partial charge in [-0.3, -0.25) is 9.59 Å². The van der Waals surface area contributed by atoms with Crippen LogP contribution in [0.2, 0.25) is 5.02 Å². The number of aryl methyl sites for hydroxylation is 1. The lowest BCUT2D eigenvalue weighted by atomic mass is 10.1. The number of amides is 2. The molecule has 0 radical (unpaired) electrons. The summed E-state index contributed by atoms with van der Waals surface area (Å²) in [5.41, 5.74) is 5.81. The summed E-state index contributed by atoms with van der Waals surface area (Å²) in [4.78, 5) is 24.6. The molecule has 2 N–H and O–H groups in total. The number of benzene rings is 3. The summed E-state index contributed by atoms with van der Waals surface area (Å²) in [5, 5.41) is 7.36. The largest absolute Gasteiger partial charge is 0.322 e. The fourth-order valence-corrected chi connectivity index (χ4v) is 2.55. The van der Waals surface area contributed by atoms with Crippen LogP contribution in [-0.4, -0.2) is 18.0 Å². The molecule has 0 spiro atoms. The van der Waals surface area contributed by atoms with Gasteiger partial charge in [0.25, 0.3) is 11.8 Å². The van der Waals surface area contributed by atoms with E-state index in [4.69, 9.17) is 11.6 Å². The fraction of sp³-hybridized carbons (Fsp3) is 0.0455. The first kappa shape index (κ1) is 19.3. The zero-order valence-electron chi connectivity index (χ0n) is 15.1. The van der Waals surface area contributed by atoms with E-state index in [1.807, 2.05) is 19.1 Å². The van der Waals surface area contributed by atoms with Gasteiger partial charge in [0.1, 0.15) is 0 Å². The third-order valence-corrected chi connectivity index (χ3v) is 4.20. The molecule has 0 unspecified atom stereocenters. The summed E-state index contributed by atoms with van der Waals surface area (Å²) in [5.74, 6) is -0.616. The van der Waals surface area contributed by atoms with Gasteiger partial charge in [-0.2, -0.15) is 5.10 Å². The van der Waals surface area contributed by atoms with E-state index in [-0.39, 0.29) is 11.8 Å². The number of anilines is 1. The molecule has 0 bridgehead atoms. The first-order chi connectivity index (χ1) is 13.5. The van der Waals surface area contributed by atoms with Crippen LogP contribution in [0.25, 0.3) is 0 Å². The maximum atomic E-state index is 12.3. The summed E-state index contributed by atoms with van der Waals surface area (Å²) in [6.07, 6.45) is 1.53. The Labute approximate surface area is 168 Å². The van der Waals surface area contributed by atoms with E-state index in [2.05, 4.69) is 15.8 Å². The van der Waals surface area contributed by atoms with Crippen molar-refractivity contribution in [2.75, 3.05) is 5.32 Å². The van der Waals surface area contributed by atoms with E-state index in [1.165, 1.54) is 6.21 Å². The molecule has 3 aromatic rings. The van der Waals surface area contributed by atoms with Crippen LogP contribution in [0.1, 0.15) is 31.8 Å². The molecule has 0 aliphatic heterocycles. The normalized spacial score (nSPS) is 10.6. The number of hydrogen-bond donors (Lipinski definition) is 2. The molecule has 0 atom stereocenters. The average Bonchev–Trinajstić information content (AvgIpc) is 2.70. The number of carbonyl (C=O) groups is 2. The molecule has 28 heavy (non-hydrogen) atoms. The molecule has 0 saturated carbocycles. The van der Waals surface area contributed by atoms with Crippen LogP contribution in [0, 0.1) is 6.92 Å². The first-order valence-corrected chi connectivity index (χ1v) is 8.96. The van der Waals surface area contributed by atoms with Gasteiger partial charge in [0.2, 0.25) is 0 Å². The highest BCUT2D eigenvalue weighted by molar-refractivity contribution is 6.30. The number of hydrogen-bond acceptors (Lipinski definition) is 3. The van der Waals surface area contributed by atoms with Crippen LogP contribution in [0.4, 0.5) is 5.69 Å². The third-order valence-electron chi connectivity index (χ3n) is 3.95. The lowest BCUT2D eigenvalue weighted by Crippen LogP contribution is -2.18.